The van der Waals surface area contributed by atoms with Crippen molar-refractivity contribution in [2.24, 2.45) is 5.92 Å². The molecule has 0 bridgehead atoms. The molecule has 0 unspecified atom stereocenters. The fourth-order valence-corrected chi connectivity index (χ4v) is 2.21. The lowest BCUT2D eigenvalue weighted by atomic mass is 10.2. The molecule has 0 spiro atoms. The van der Waals surface area contributed by atoms with E-state index in [1.165, 1.54) is 6.33 Å². The number of aryl methyl sites for hydroxylation is 1. The van der Waals surface area contributed by atoms with Gasteiger partial charge in [0.2, 0.25) is 0 Å². The molecule has 1 heterocycles. The van der Waals surface area contributed by atoms with Gasteiger partial charge in [-0.1, -0.05) is 13.8 Å². The summed E-state index contributed by atoms with van der Waals surface area (Å²) in [5.74, 6) is 1.06. The summed E-state index contributed by atoms with van der Waals surface area (Å²) in [4.78, 5) is 3.95. The molecule has 0 saturated heterocycles. The molecule has 0 saturated carbocycles. The number of aromatic amines is 1. The van der Waals surface area contributed by atoms with Gasteiger partial charge >= 0.3 is 0 Å². The summed E-state index contributed by atoms with van der Waals surface area (Å²) in [6.45, 7) is 4.73. The van der Waals surface area contributed by atoms with E-state index in [0.717, 1.165) is 5.82 Å². The van der Waals surface area contributed by atoms with Gasteiger partial charge in [-0.05, 0) is 12.3 Å². The van der Waals surface area contributed by atoms with Gasteiger partial charge < -0.3 is 0 Å². The molecule has 8 heteroatoms. The highest BCUT2D eigenvalue weighted by Crippen LogP contribution is 1.93. The number of H-pyrrole nitrogens is 1. The standard InChI is InChI=1S/C9H19N5O2S/c1-8(2)6-13-17(15,16)12-5-3-4-9-10-7-11-14-9/h7-8,12-13H,3-6H2,1-2H3,(H,10,11,14). The van der Waals surface area contributed by atoms with Crippen molar-refractivity contribution in [1.82, 2.24) is 24.6 Å². The van der Waals surface area contributed by atoms with Gasteiger partial charge in [-0.3, -0.25) is 5.10 Å². The Kier molecular flexibility index (Phi) is 5.52. The monoisotopic (exact) mass is 261 g/mol. The van der Waals surface area contributed by atoms with Crippen LogP contribution in [0.15, 0.2) is 6.33 Å². The van der Waals surface area contributed by atoms with E-state index in [0.29, 0.717) is 31.8 Å². The summed E-state index contributed by atoms with van der Waals surface area (Å²) < 4.78 is 27.8. The number of hydrogen-bond donors (Lipinski definition) is 3. The minimum atomic E-state index is -3.36. The first kappa shape index (κ1) is 14.1. The van der Waals surface area contributed by atoms with Crippen molar-refractivity contribution in [3.05, 3.63) is 12.2 Å². The molecule has 98 valence electrons. The summed E-state index contributed by atoms with van der Waals surface area (Å²) in [7, 11) is -3.36. The van der Waals surface area contributed by atoms with Crippen molar-refractivity contribution in [1.29, 1.82) is 0 Å². The molecule has 1 aromatic heterocycles. The van der Waals surface area contributed by atoms with Crippen LogP contribution in [0.5, 0.6) is 0 Å². The first-order valence-corrected chi connectivity index (χ1v) is 7.06. The average Bonchev–Trinajstić information content (AvgIpc) is 2.75. The fraction of sp³-hybridized carbons (Fsp3) is 0.778. The van der Waals surface area contributed by atoms with Gasteiger partial charge in [-0.25, -0.2) is 14.4 Å². The Balaban J connectivity index is 2.17. The first-order chi connectivity index (χ1) is 7.99. The van der Waals surface area contributed by atoms with Crippen LogP contribution in [-0.4, -0.2) is 36.7 Å². The lowest BCUT2D eigenvalue weighted by molar-refractivity contribution is 0.545. The highest BCUT2D eigenvalue weighted by atomic mass is 32.2. The van der Waals surface area contributed by atoms with Gasteiger partial charge in [0.15, 0.2) is 0 Å². The molecule has 0 aliphatic rings. The number of nitrogens with one attached hydrogen (secondary N) is 3. The molecule has 17 heavy (non-hydrogen) atoms. The Morgan fingerprint density at radius 1 is 1.41 bits per heavy atom. The Hall–Kier alpha value is -0.990. The van der Waals surface area contributed by atoms with E-state index in [4.69, 9.17) is 0 Å². The topological polar surface area (TPSA) is 99.8 Å². The molecular weight excluding hydrogens is 242 g/mol. The second kappa shape index (κ2) is 6.67. The van der Waals surface area contributed by atoms with E-state index in [2.05, 4.69) is 24.6 Å². The lowest BCUT2D eigenvalue weighted by Crippen LogP contribution is -2.38. The SMILES string of the molecule is CC(C)CNS(=O)(=O)NCCCc1ncn[nH]1. The molecule has 0 aromatic carbocycles. The zero-order valence-corrected chi connectivity index (χ0v) is 10.9. The highest BCUT2D eigenvalue weighted by molar-refractivity contribution is 7.87. The third kappa shape index (κ3) is 6.35. The van der Waals surface area contributed by atoms with Crippen molar-refractivity contribution in [2.45, 2.75) is 26.7 Å². The van der Waals surface area contributed by atoms with Crippen molar-refractivity contribution in [3.8, 4) is 0 Å². The zero-order chi connectivity index (χ0) is 12.7. The summed E-state index contributed by atoms with van der Waals surface area (Å²) in [6, 6.07) is 0. The van der Waals surface area contributed by atoms with Crippen molar-refractivity contribution in [2.75, 3.05) is 13.1 Å². The Morgan fingerprint density at radius 2 is 2.18 bits per heavy atom. The molecule has 3 N–H and O–H groups in total. The van der Waals surface area contributed by atoms with E-state index < -0.39 is 10.2 Å². The smallest absolute Gasteiger partial charge is 0.263 e. The normalized spacial score (nSPS) is 12.2. The minimum Gasteiger partial charge on any atom is -0.263 e. The molecule has 0 radical (unpaired) electrons. The van der Waals surface area contributed by atoms with Crippen LogP contribution in [0, 0.1) is 5.92 Å². The van der Waals surface area contributed by atoms with Crippen LogP contribution in [0.25, 0.3) is 0 Å². The van der Waals surface area contributed by atoms with E-state index in [9.17, 15) is 8.42 Å². The molecule has 0 aliphatic carbocycles. The van der Waals surface area contributed by atoms with E-state index >= 15 is 0 Å². The minimum absolute atomic E-state index is 0.292. The summed E-state index contributed by atoms with van der Waals surface area (Å²) in [5.41, 5.74) is 0. The van der Waals surface area contributed by atoms with Crippen LogP contribution in [0.2, 0.25) is 0 Å². The third-order valence-corrected chi connectivity index (χ3v) is 3.16. The van der Waals surface area contributed by atoms with Gasteiger partial charge in [0.25, 0.3) is 10.2 Å². The van der Waals surface area contributed by atoms with Crippen LogP contribution in [0.3, 0.4) is 0 Å². The summed E-state index contributed by atoms with van der Waals surface area (Å²) in [5, 5.41) is 6.43. The molecular formula is C9H19N5O2S. The fourth-order valence-electron chi connectivity index (χ4n) is 1.14. The molecule has 0 fully saturated rings. The molecule has 0 atom stereocenters. The van der Waals surface area contributed by atoms with Crippen molar-refractivity contribution in [3.63, 3.8) is 0 Å². The molecule has 1 aromatic rings. The molecule has 7 nitrogen and oxygen atoms in total. The largest absolute Gasteiger partial charge is 0.276 e. The van der Waals surface area contributed by atoms with Gasteiger partial charge in [0.1, 0.15) is 12.2 Å². The average molecular weight is 261 g/mol. The van der Waals surface area contributed by atoms with Gasteiger partial charge in [-0.2, -0.15) is 13.5 Å². The predicted molar refractivity (Wildman–Crippen MR) is 64.5 cm³/mol. The van der Waals surface area contributed by atoms with Gasteiger partial charge in [-0.15, -0.1) is 0 Å². The third-order valence-electron chi connectivity index (χ3n) is 2.03. The second-order valence-corrected chi connectivity index (χ2v) is 5.76. The molecule has 1 rings (SSSR count). The summed E-state index contributed by atoms with van der Waals surface area (Å²) in [6.07, 6.45) is 2.79. The Labute approximate surface area is 102 Å². The zero-order valence-electron chi connectivity index (χ0n) is 10.1. The molecule has 0 amide bonds. The van der Waals surface area contributed by atoms with Crippen LogP contribution in [0.4, 0.5) is 0 Å². The van der Waals surface area contributed by atoms with Crippen LogP contribution in [-0.2, 0) is 16.6 Å². The van der Waals surface area contributed by atoms with E-state index in [-0.39, 0.29) is 0 Å². The Bertz CT molecular complexity index is 401. The number of nitrogens with zero attached hydrogens (tertiary/aromatic N) is 2. The van der Waals surface area contributed by atoms with Crippen LogP contribution in [0.1, 0.15) is 26.1 Å². The number of aromatic nitrogens is 3. The van der Waals surface area contributed by atoms with Crippen molar-refractivity contribution >= 4 is 10.2 Å². The predicted octanol–water partition coefficient (Wildman–Crippen LogP) is -0.183. The lowest BCUT2D eigenvalue weighted by Gasteiger charge is -2.09. The van der Waals surface area contributed by atoms with Crippen molar-refractivity contribution < 1.29 is 8.42 Å². The quantitative estimate of drug-likeness (QED) is 0.565. The first-order valence-electron chi connectivity index (χ1n) is 5.58. The van der Waals surface area contributed by atoms with Crippen LogP contribution >= 0.6 is 0 Å². The van der Waals surface area contributed by atoms with E-state index in [1.54, 1.807) is 0 Å². The Morgan fingerprint density at radius 3 is 2.76 bits per heavy atom. The number of rotatable bonds is 8. The summed E-state index contributed by atoms with van der Waals surface area (Å²) >= 11 is 0. The number of hydrogen-bond acceptors (Lipinski definition) is 4. The maximum absolute atomic E-state index is 11.4. The highest BCUT2D eigenvalue weighted by Gasteiger charge is 2.08. The van der Waals surface area contributed by atoms with E-state index in [1.807, 2.05) is 13.8 Å². The second-order valence-electron chi connectivity index (χ2n) is 4.18. The van der Waals surface area contributed by atoms with Crippen LogP contribution < -0.4 is 9.44 Å². The molecule has 0 aliphatic heterocycles. The maximum atomic E-state index is 11.4. The van der Waals surface area contributed by atoms with Gasteiger partial charge in [0, 0.05) is 19.5 Å². The van der Waals surface area contributed by atoms with Gasteiger partial charge in [0.05, 0.1) is 0 Å². The maximum Gasteiger partial charge on any atom is 0.276 e.